The minimum atomic E-state index is -3.66. The molecule has 0 bridgehead atoms. The van der Waals surface area contributed by atoms with Gasteiger partial charge in [-0.05, 0) is 6.92 Å². The molecule has 1 N–H and O–H groups in total. The van der Waals surface area contributed by atoms with Crippen molar-refractivity contribution in [1.29, 1.82) is 0 Å². The summed E-state index contributed by atoms with van der Waals surface area (Å²) in [6.45, 7) is 0.739. The molecular formula is C8H11FN2O4S. The van der Waals surface area contributed by atoms with Gasteiger partial charge in [0.2, 0.25) is 0 Å². The van der Waals surface area contributed by atoms with Crippen LogP contribution < -0.4 is 0 Å². The number of aliphatic hydroxyl groups is 1. The molecule has 1 rings (SSSR count). The van der Waals surface area contributed by atoms with Crippen LogP contribution in [-0.4, -0.2) is 36.4 Å². The summed E-state index contributed by atoms with van der Waals surface area (Å²) < 4.78 is 38.4. The van der Waals surface area contributed by atoms with E-state index < -0.39 is 28.1 Å². The van der Waals surface area contributed by atoms with Crippen molar-refractivity contribution in [3.63, 3.8) is 0 Å². The SMILES string of the molecule is C[C@@](O)(COS(C)(=O)=O)c1ncc(F)cn1. The maximum absolute atomic E-state index is 12.5. The summed E-state index contributed by atoms with van der Waals surface area (Å²) in [6, 6.07) is 0. The normalized spacial score (nSPS) is 15.8. The molecule has 0 amide bonds. The van der Waals surface area contributed by atoms with Gasteiger partial charge in [0.15, 0.2) is 11.6 Å². The minimum Gasteiger partial charge on any atom is -0.380 e. The summed E-state index contributed by atoms with van der Waals surface area (Å²) in [5, 5.41) is 9.80. The first-order valence-corrected chi connectivity index (χ1v) is 6.07. The molecule has 0 aliphatic carbocycles. The van der Waals surface area contributed by atoms with E-state index in [1.54, 1.807) is 0 Å². The van der Waals surface area contributed by atoms with Crippen molar-refractivity contribution in [1.82, 2.24) is 9.97 Å². The molecular weight excluding hydrogens is 239 g/mol. The Balaban J connectivity index is 2.81. The van der Waals surface area contributed by atoms with Crippen LogP contribution in [0.4, 0.5) is 4.39 Å². The largest absolute Gasteiger partial charge is 0.380 e. The van der Waals surface area contributed by atoms with Crippen molar-refractivity contribution < 1.29 is 22.1 Å². The average Bonchev–Trinajstić information content (AvgIpc) is 2.15. The number of nitrogens with zero attached hydrogens (tertiary/aromatic N) is 2. The van der Waals surface area contributed by atoms with E-state index >= 15 is 0 Å². The molecule has 0 aromatic carbocycles. The number of halogens is 1. The molecule has 0 saturated carbocycles. The van der Waals surface area contributed by atoms with Crippen molar-refractivity contribution in [2.24, 2.45) is 0 Å². The van der Waals surface area contributed by atoms with Crippen LogP contribution in [0.15, 0.2) is 12.4 Å². The van der Waals surface area contributed by atoms with Crippen LogP contribution >= 0.6 is 0 Å². The van der Waals surface area contributed by atoms with Crippen molar-refractivity contribution in [3.8, 4) is 0 Å². The van der Waals surface area contributed by atoms with Crippen LogP contribution in [0.3, 0.4) is 0 Å². The van der Waals surface area contributed by atoms with E-state index in [4.69, 9.17) is 0 Å². The first-order chi connectivity index (χ1) is 7.21. The Hall–Kier alpha value is -1.12. The van der Waals surface area contributed by atoms with Gasteiger partial charge in [0, 0.05) is 0 Å². The third-order valence-electron chi connectivity index (χ3n) is 1.66. The van der Waals surface area contributed by atoms with Gasteiger partial charge in [-0.3, -0.25) is 4.18 Å². The monoisotopic (exact) mass is 250 g/mol. The fraction of sp³-hybridized carbons (Fsp3) is 0.500. The molecule has 1 atom stereocenters. The summed E-state index contributed by atoms with van der Waals surface area (Å²) >= 11 is 0. The molecule has 0 unspecified atom stereocenters. The molecule has 0 spiro atoms. The zero-order valence-corrected chi connectivity index (χ0v) is 9.53. The van der Waals surface area contributed by atoms with E-state index in [-0.39, 0.29) is 5.82 Å². The lowest BCUT2D eigenvalue weighted by atomic mass is 10.1. The maximum atomic E-state index is 12.5. The highest BCUT2D eigenvalue weighted by Gasteiger charge is 2.28. The highest BCUT2D eigenvalue weighted by molar-refractivity contribution is 7.85. The summed E-state index contributed by atoms with van der Waals surface area (Å²) in [5.41, 5.74) is -1.70. The van der Waals surface area contributed by atoms with Crippen molar-refractivity contribution >= 4 is 10.1 Å². The molecule has 90 valence electrons. The van der Waals surface area contributed by atoms with Crippen molar-refractivity contribution in [2.45, 2.75) is 12.5 Å². The van der Waals surface area contributed by atoms with Gasteiger partial charge in [0.1, 0.15) is 12.2 Å². The smallest absolute Gasteiger partial charge is 0.264 e. The first-order valence-electron chi connectivity index (χ1n) is 4.25. The van der Waals surface area contributed by atoms with E-state index in [2.05, 4.69) is 14.2 Å². The molecule has 0 aliphatic rings. The Bertz CT molecular complexity index is 457. The van der Waals surface area contributed by atoms with Gasteiger partial charge >= 0.3 is 0 Å². The van der Waals surface area contributed by atoms with Gasteiger partial charge in [-0.25, -0.2) is 14.4 Å². The molecule has 1 aromatic rings. The fourth-order valence-electron chi connectivity index (χ4n) is 0.877. The standard InChI is InChI=1S/C8H11FN2O4S/c1-8(12,5-15-16(2,13)14)7-10-3-6(9)4-11-7/h3-4,12H,5H2,1-2H3/t8-/m1/s1. The van der Waals surface area contributed by atoms with Crippen LogP contribution in [0.1, 0.15) is 12.7 Å². The topological polar surface area (TPSA) is 89.4 Å². The van der Waals surface area contributed by atoms with Gasteiger partial charge in [-0.1, -0.05) is 0 Å². The lowest BCUT2D eigenvalue weighted by molar-refractivity contribution is 0.00211. The molecule has 8 heteroatoms. The second-order valence-corrected chi connectivity index (χ2v) is 5.11. The molecule has 0 radical (unpaired) electrons. The predicted molar refractivity (Wildman–Crippen MR) is 52.4 cm³/mol. The summed E-state index contributed by atoms with van der Waals surface area (Å²) in [4.78, 5) is 7.08. The second kappa shape index (κ2) is 4.40. The third-order valence-corrected chi connectivity index (χ3v) is 2.20. The quantitative estimate of drug-likeness (QED) is 0.744. The first kappa shape index (κ1) is 12.9. The molecule has 0 saturated heterocycles. The summed E-state index contributed by atoms with van der Waals surface area (Å²) in [5.74, 6) is -0.763. The average molecular weight is 250 g/mol. The van der Waals surface area contributed by atoms with Gasteiger partial charge < -0.3 is 5.11 Å². The number of rotatable bonds is 4. The molecule has 16 heavy (non-hydrogen) atoms. The third kappa shape index (κ3) is 3.80. The van der Waals surface area contributed by atoms with Gasteiger partial charge in [0.05, 0.1) is 18.6 Å². The van der Waals surface area contributed by atoms with E-state index in [0.717, 1.165) is 18.6 Å². The second-order valence-electron chi connectivity index (χ2n) is 3.47. The lowest BCUT2D eigenvalue weighted by Crippen LogP contribution is -2.31. The Morgan fingerprint density at radius 1 is 1.50 bits per heavy atom. The van der Waals surface area contributed by atoms with Crippen LogP contribution in [0.5, 0.6) is 0 Å². The Morgan fingerprint density at radius 3 is 2.44 bits per heavy atom. The van der Waals surface area contributed by atoms with Crippen LogP contribution in [0.25, 0.3) is 0 Å². The van der Waals surface area contributed by atoms with Gasteiger partial charge in [-0.2, -0.15) is 8.42 Å². The van der Waals surface area contributed by atoms with Crippen molar-refractivity contribution in [2.75, 3.05) is 12.9 Å². The predicted octanol–water partition coefficient (Wildman–Crippen LogP) is -0.201. The number of hydrogen-bond acceptors (Lipinski definition) is 6. The Kier molecular flexibility index (Phi) is 3.56. The van der Waals surface area contributed by atoms with E-state index in [9.17, 15) is 17.9 Å². The van der Waals surface area contributed by atoms with E-state index in [1.165, 1.54) is 6.92 Å². The maximum Gasteiger partial charge on any atom is 0.264 e. The fourth-order valence-corrected chi connectivity index (χ4v) is 1.32. The lowest BCUT2D eigenvalue weighted by Gasteiger charge is -2.20. The van der Waals surface area contributed by atoms with E-state index in [1.807, 2.05) is 0 Å². The van der Waals surface area contributed by atoms with Gasteiger partial charge in [0.25, 0.3) is 10.1 Å². The zero-order valence-electron chi connectivity index (χ0n) is 8.71. The highest BCUT2D eigenvalue weighted by Crippen LogP contribution is 2.17. The van der Waals surface area contributed by atoms with Crippen LogP contribution in [0.2, 0.25) is 0 Å². The van der Waals surface area contributed by atoms with E-state index in [0.29, 0.717) is 0 Å². The van der Waals surface area contributed by atoms with Gasteiger partial charge in [-0.15, -0.1) is 0 Å². The molecule has 1 aromatic heterocycles. The number of aromatic nitrogens is 2. The molecule has 0 fully saturated rings. The highest BCUT2D eigenvalue weighted by atomic mass is 32.2. The summed E-state index contributed by atoms with van der Waals surface area (Å²) in [7, 11) is -3.66. The minimum absolute atomic E-state index is 0.113. The summed E-state index contributed by atoms with van der Waals surface area (Å²) in [6.07, 6.45) is 2.60. The zero-order chi connectivity index (χ0) is 12.4. The molecule has 1 heterocycles. The molecule has 6 nitrogen and oxygen atoms in total. The Morgan fingerprint density at radius 2 is 2.00 bits per heavy atom. The van der Waals surface area contributed by atoms with Crippen LogP contribution in [-0.2, 0) is 19.9 Å². The van der Waals surface area contributed by atoms with Crippen LogP contribution in [0, 0.1) is 5.82 Å². The molecule has 0 aliphatic heterocycles. The van der Waals surface area contributed by atoms with Crippen molar-refractivity contribution in [3.05, 3.63) is 24.0 Å². The number of hydrogen-bond donors (Lipinski definition) is 1. The Labute approximate surface area is 92.2 Å².